The summed E-state index contributed by atoms with van der Waals surface area (Å²) in [7, 11) is 0. The third kappa shape index (κ3) is 3.58. The number of hydrogen-bond donors (Lipinski definition) is 2. The normalized spacial score (nSPS) is 21.2. The number of alkyl carbamates (subject to hydrolysis) is 1. The summed E-state index contributed by atoms with van der Waals surface area (Å²) in [6, 6.07) is 24.0. The van der Waals surface area contributed by atoms with Gasteiger partial charge >= 0.3 is 12.1 Å². The molecule has 32 heavy (non-hydrogen) atoms. The lowest BCUT2D eigenvalue weighted by molar-refractivity contribution is -0.149. The largest absolute Gasteiger partial charge is 0.480 e. The molecule has 1 fully saturated rings. The molecule has 0 bridgehead atoms. The summed E-state index contributed by atoms with van der Waals surface area (Å²) in [6.45, 7) is 0.157. The van der Waals surface area contributed by atoms with Gasteiger partial charge in [0.25, 0.3) is 0 Å². The van der Waals surface area contributed by atoms with Crippen LogP contribution < -0.4 is 5.32 Å². The summed E-state index contributed by atoms with van der Waals surface area (Å²) in [5, 5.41) is 12.5. The van der Waals surface area contributed by atoms with Crippen molar-refractivity contribution in [2.24, 2.45) is 0 Å². The molecule has 0 aromatic heterocycles. The van der Waals surface area contributed by atoms with Crippen LogP contribution in [0.15, 0.2) is 77.3 Å². The number of carboxylic acids is 1. The zero-order valence-corrected chi connectivity index (χ0v) is 18.8. The average molecular weight is 492 g/mol. The Balaban J connectivity index is 1.26. The van der Waals surface area contributed by atoms with E-state index in [2.05, 4.69) is 45.5 Å². The van der Waals surface area contributed by atoms with Crippen LogP contribution in [0, 0.1) is 0 Å². The third-order valence-corrected chi connectivity index (χ3v) is 7.10. The Kier molecular flexibility index (Phi) is 5.25. The van der Waals surface area contributed by atoms with Gasteiger partial charge in [0.05, 0.1) is 0 Å². The molecule has 2 aliphatic carbocycles. The van der Waals surface area contributed by atoms with E-state index in [1.165, 1.54) is 0 Å². The molecule has 162 valence electrons. The number of benzene rings is 3. The van der Waals surface area contributed by atoms with Crippen LogP contribution in [0.25, 0.3) is 11.1 Å². The molecule has 0 heterocycles. The molecule has 2 N–H and O–H groups in total. The molecule has 0 saturated heterocycles. The summed E-state index contributed by atoms with van der Waals surface area (Å²) in [5.74, 6) is -1.01. The molecule has 0 unspecified atom stereocenters. The summed E-state index contributed by atoms with van der Waals surface area (Å²) in [6.07, 6.45) is -0.0201. The van der Waals surface area contributed by atoms with Crippen molar-refractivity contribution in [3.8, 4) is 11.1 Å². The number of rotatable bonds is 5. The highest BCUT2D eigenvalue weighted by molar-refractivity contribution is 9.10. The fourth-order valence-electron chi connectivity index (χ4n) is 4.94. The van der Waals surface area contributed by atoms with Crippen LogP contribution >= 0.6 is 15.9 Å². The standard InChI is InChI=1S/C26H22BrNO4/c27-18-7-5-6-16(12-18)17-13-26(14-17,24(29)30)28-25(31)32-15-23-21-10-3-1-8-19(21)20-9-2-4-11-22(20)23/h1-12,17,23H,13-15H2,(H,28,31)(H,29,30). The summed E-state index contributed by atoms with van der Waals surface area (Å²) >= 11 is 3.45. The smallest absolute Gasteiger partial charge is 0.408 e. The van der Waals surface area contributed by atoms with E-state index in [0.29, 0.717) is 12.8 Å². The highest BCUT2D eigenvalue weighted by atomic mass is 79.9. The van der Waals surface area contributed by atoms with Crippen molar-refractivity contribution in [1.29, 1.82) is 0 Å². The van der Waals surface area contributed by atoms with Crippen LogP contribution in [-0.2, 0) is 9.53 Å². The van der Waals surface area contributed by atoms with E-state index < -0.39 is 17.6 Å². The average Bonchev–Trinajstić information content (AvgIpc) is 3.08. The zero-order chi connectivity index (χ0) is 22.3. The Morgan fingerprint density at radius 3 is 2.19 bits per heavy atom. The van der Waals surface area contributed by atoms with Crippen molar-refractivity contribution in [3.63, 3.8) is 0 Å². The molecule has 1 saturated carbocycles. The van der Waals surface area contributed by atoms with Gasteiger partial charge < -0.3 is 15.2 Å². The number of hydrogen-bond acceptors (Lipinski definition) is 3. The minimum Gasteiger partial charge on any atom is -0.480 e. The van der Waals surface area contributed by atoms with E-state index in [0.717, 1.165) is 32.3 Å². The molecule has 0 spiro atoms. The van der Waals surface area contributed by atoms with Gasteiger partial charge in [-0.1, -0.05) is 76.6 Å². The van der Waals surface area contributed by atoms with Crippen LogP contribution in [0.2, 0.25) is 0 Å². The maximum Gasteiger partial charge on any atom is 0.408 e. The second kappa shape index (κ2) is 8.10. The van der Waals surface area contributed by atoms with E-state index in [-0.39, 0.29) is 18.4 Å². The monoisotopic (exact) mass is 491 g/mol. The molecule has 2 aliphatic rings. The van der Waals surface area contributed by atoms with Crippen molar-refractivity contribution in [3.05, 3.63) is 94.0 Å². The first-order valence-corrected chi connectivity index (χ1v) is 11.4. The highest BCUT2D eigenvalue weighted by Crippen LogP contribution is 2.46. The predicted molar refractivity (Wildman–Crippen MR) is 125 cm³/mol. The maximum absolute atomic E-state index is 12.6. The molecule has 3 aromatic rings. The Labute approximate surface area is 194 Å². The molecule has 0 aliphatic heterocycles. The van der Waals surface area contributed by atoms with Gasteiger partial charge in [-0.2, -0.15) is 0 Å². The van der Waals surface area contributed by atoms with E-state index >= 15 is 0 Å². The second-order valence-corrected chi connectivity index (χ2v) is 9.41. The van der Waals surface area contributed by atoms with Gasteiger partial charge in [-0.15, -0.1) is 0 Å². The van der Waals surface area contributed by atoms with Gasteiger partial charge in [0, 0.05) is 10.4 Å². The van der Waals surface area contributed by atoms with Crippen LogP contribution in [0.3, 0.4) is 0 Å². The fraction of sp³-hybridized carbons (Fsp3) is 0.231. The Morgan fingerprint density at radius 2 is 1.59 bits per heavy atom. The molecule has 0 radical (unpaired) electrons. The number of halogens is 1. The number of fused-ring (bicyclic) bond motifs is 3. The van der Waals surface area contributed by atoms with Gasteiger partial charge in [-0.3, -0.25) is 0 Å². The van der Waals surface area contributed by atoms with Crippen molar-refractivity contribution in [1.82, 2.24) is 5.32 Å². The van der Waals surface area contributed by atoms with E-state index in [4.69, 9.17) is 4.74 Å². The first-order valence-electron chi connectivity index (χ1n) is 10.6. The van der Waals surface area contributed by atoms with Gasteiger partial charge in [-0.25, -0.2) is 9.59 Å². The topological polar surface area (TPSA) is 75.6 Å². The molecule has 0 atom stereocenters. The molecular weight excluding hydrogens is 470 g/mol. The molecule has 3 aromatic carbocycles. The van der Waals surface area contributed by atoms with Gasteiger partial charge in [0.2, 0.25) is 0 Å². The third-order valence-electron chi connectivity index (χ3n) is 6.60. The van der Waals surface area contributed by atoms with Crippen molar-refractivity contribution in [2.45, 2.75) is 30.2 Å². The van der Waals surface area contributed by atoms with Crippen LogP contribution in [0.5, 0.6) is 0 Å². The SMILES string of the molecule is O=C(NC1(C(=O)O)CC(c2cccc(Br)c2)C1)OCC1c2ccccc2-c2ccccc21. The quantitative estimate of drug-likeness (QED) is 0.480. The summed E-state index contributed by atoms with van der Waals surface area (Å²) in [5.41, 5.74) is 4.30. The van der Waals surface area contributed by atoms with E-state index in [1.807, 2.05) is 48.5 Å². The van der Waals surface area contributed by atoms with Gasteiger partial charge in [-0.05, 0) is 58.7 Å². The van der Waals surface area contributed by atoms with Crippen molar-refractivity contribution < 1.29 is 19.4 Å². The van der Waals surface area contributed by atoms with Crippen molar-refractivity contribution >= 4 is 28.0 Å². The lowest BCUT2D eigenvalue weighted by atomic mass is 9.65. The predicted octanol–water partition coefficient (Wildman–Crippen LogP) is 5.69. The lowest BCUT2D eigenvalue weighted by Gasteiger charge is -2.44. The first-order chi connectivity index (χ1) is 15.5. The number of nitrogens with one attached hydrogen (secondary N) is 1. The van der Waals surface area contributed by atoms with Crippen molar-refractivity contribution in [2.75, 3.05) is 6.61 Å². The molecule has 6 heteroatoms. The van der Waals surface area contributed by atoms with Crippen LogP contribution in [0.4, 0.5) is 4.79 Å². The summed E-state index contributed by atoms with van der Waals surface area (Å²) in [4.78, 5) is 24.6. The minimum atomic E-state index is -1.30. The maximum atomic E-state index is 12.6. The van der Waals surface area contributed by atoms with Gasteiger partial charge in [0.1, 0.15) is 12.1 Å². The molecule has 5 rings (SSSR count). The highest BCUT2D eigenvalue weighted by Gasteiger charge is 2.52. The number of carbonyl (C=O) groups is 2. The zero-order valence-electron chi connectivity index (χ0n) is 17.3. The molecular formula is C26H22BrNO4. The number of aliphatic carboxylic acids is 1. The Bertz CT molecular complexity index is 1160. The Morgan fingerprint density at radius 1 is 0.969 bits per heavy atom. The minimum absolute atomic E-state index is 0.0651. The van der Waals surface area contributed by atoms with Crippen LogP contribution in [0.1, 0.15) is 41.4 Å². The van der Waals surface area contributed by atoms with Gasteiger partial charge in [0.15, 0.2) is 0 Å². The number of carbonyl (C=O) groups excluding carboxylic acids is 1. The number of ether oxygens (including phenoxy) is 1. The van der Waals surface area contributed by atoms with E-state index in [9.17, 15) is 14.7 Å². The van der Waals surface area contributed by atoms with E-state index in [1.54, 1.807) is 0 Å². The number of carboxylic acid groups (broad SMARTS) is 1. The number of amides is 1. The molecule has 5 nitrogen and oxygen atoms in total. The fourth-order valence-corrected chi connectivity index (χ4v) is 5.35. The summed E-state index contributed by atoms with van der Waals surface area (Å²) < 4.78 is 6.51. The molecule has 1 amide bonds. The Hall–Kier alpha value is -3.12. The van der Waals surface area contributed by atoms with Crippen LogP contribution in [-0.4, -0.2) is 29.3 Å². The second-order valence-electron chi connectivity index (χ2n) is 8.50. The first kappa shape index (κ1) is 20.8. The lowest BCUT2D eigenvalue weighted by Crippen LogP contribution is -2.61.